The topological polar surface area (TPSA) is 109 Å². The molecule has 2 unspecified atom stereocenters. The maximum atomic E-state index is 12.6. The monoisotopic (exact) mass is 526 g/mol. The summed E-state index contributed by atoms with van der Waals surface area (Å²) < 4.78 is 11.9. The first-order chi connectivity index (χ1) is 17.0. The Bertz CT molecular complexity index is 787. The Kier molecular flexibility index (Phi) is 20.3. The van der Waals surface area contributed by atoms with E-state index in [0.717, 1.165) is 57.8 Å². The van der Waals surface area contributed by atoms with Crippen LogP contribution in [-0.4, -0.2) is 47.8 Å². The van der Waals surface area contributed by atoms with Gasteiger partial charge >= 0.3 is 11.9 Å². The van der Waals surface area contributed by atoms with Crippen molar-refractivity contribution in [2.24, 2.45) is 5.16 Å². The number of esters is 2. The first-order valence-corrected chi connectivity index (χ1v) is 12.8. The summed E-state index contributed by atoms with van der Waals surface area (Å²) in [4.78, 5) is 23.7. The van der Waals surface area contributed by atoms with Gasteiger partial charge in [0, 0.05) is 18.6 Å². The molecule has 8 nitrogen and oxygen atoms in total. The minimum Gasteiger partial charge on any atom is -1.00 e. The molecular formula is C27H43ClN2O6. The molecule has 0 fully saturated rings. The molecule has 9 heteroatoms. The van der Waals surface area contributed by atoms with Crippen LogP contribution in [0.15, 0.2) is 41.7 Å². The van der Waals surface area contributed by atoms with Crippen LogP contribution in [0.2, 0.25) is 0 Å². The van der Waals surface area contributed by atoms with Crippen LogP contribution in [0.4, 0.5) is 0 Å². The number of aliphatic hydroxyl groups excluding tert-OH is 1. The average molecular weight is 527 g/mol. The maximum Gasteiger partial charge on any atom is 0.373 e. The van der Waals surface area contributed by atoms with E-state index in [1.54, 1.807) is 29.0 Å². The number of aromatic nitrogens is 1. The maximum absolute atomic E-state index is 12.6. The Morgan fingerprint density at radius 3 is 2.53 bits per heavy atom. The Hall–Kier alpha value is -2.45. The van der Waals surface area contributed by atoms with Crippen molar-refractivity contribution < 1.29 is 46.4 Å². The molecule has 0 saturated carbocycles. The Balaban J connectivity index is 0.0000122. The first-order valence-electron chi connectivity index (χ1n) is 12.8. The van der Waals surface area contributed by atoms with E-state index in [9.17, 15) is 14.7 Å². The molecule has 0 saturated heterocycles. The standard InChI is InChI=1S/C27H42N2O6.ClH/c1-3-4-11-18-25(35-27(32)22-29-20-15-14-16-23(29)21-28-33)24(30)17-12-9-7-5-6-8-10-13-19-26(31)34-2;/h9,12,14-16,20-21,24-25,30H,3-8,10-11,13,17-19,22H2,1-2H3;1H/b12-9+;. The Morgan fingerprint density at radius 2 is 1.81 bits per heavy atom. The molecule has 1 heterocycles. The number of oxime groups is 1. The van der Waals surface area contributed by atoms with Gasteiger partial charge in [-0.3, -0.25) is 4.79 Å². The smallest absolute Gasteiger partial charge is 0.373 e. The lowest BCUT2D eigenvalue weighted by Crippen LogP contribution is -3.00. The van der Waals surface area contributed by atoms with Gasteiger partial charge in [0.25, 0.3) is 0 Å². The van der Waals surface area contributed by atoms with Crippen molar-refractivity contribution in [3.05, 3.63) is 42.2 Å². The van der Waals surface area contributed by atoms with Crippen molar-refractivity contribution >= 4 is 18.2 Å². The van der Waals surface area contributed by atoms with Gasteiger partial charge in [-0.25, -0.2) is 4.79 Å². The van der Waals surface area contributed by atoms with Gasteiger partial charge in [-0.1, -0.05) is 56.3 Å². The lowest BCUT2D eigenvalue weighted by Gasteiger charge is -2.22. The lowest BCUT2D eigenvalue weighted by molar-refractivity contribution is -0.686. The summed E-state index contributed by atoms with van der Waals surface area (Å²) in [5.74, 6) is -0.588. The van der Waals surface area contributed by atoms with Crippen molar-refractivity contribution in [3.8, 4) is 0 Å². The quantitative estimate of drug-likeness (QED) is 0.0537. The molecule has 0 amide bonds. The summed E-state index contributed by atoms with van der Waals surface area (Å²) in [7, 11) is 1.41. The molecule has 1 rings (SSSR count). The fraction of sp³-hybridized carbons (Fsp3) is 0.630. The highest BCUT2D eigenvalue weighted by atomic mass is 35.5. The van der Waals surface area contributed by atoms with Gasteiger partial charge in [-0.15, -0.1) is 0 Å². The molecule has 0 aliphatic rings. The molecule has 0 bridgehead atoms. The second kappa shape index (κ2) is 21.8. The number of pyridine rings is 1. The van der Waals surface area contributed by atoms with Crippen LogP contribution < -0.4 is 17.0 Å². The number of methoxy groups -OCH3 is 1. The molecule has 0 spiro atoms. The fourth-order valence-electron chi connectivity index (χ4n) is 3.75. The van der Waals surface area contributed by atoms with Crippen LogP contribution in [0, 0.1) is 0 Å². The third kappa shape index (κ3) is 15.5. The van der Waals surface area contributed by atoms with Crippen molar-refractivity contribution in [1.29, 1.82) is 0 Å². The molecule has 2 N–H and O–H groups in total. The van der Waals surface area contributed by atoms with Crippen molar-refractivity contribution in [3.63, 3.8) is 0 Å². The highest BCUT2D eigenvalue weighted by molar-refractivity contribution is 5.75. The predicted octanol–water partition coefficient (Wildman–Crippen LogP) is 1.49. The SMILES string of the molecule is CCCCCC(OC(=O)C[n+]1ccccc1/C=N\O)C(O)C/C=C/CCCCCCCC(=O)OC.[Cl-]. The number of hydrogen-bond donors (Lipinski definition) is 2. The average Bonchev–Trinajstić information content (AvgIpc) is 2.85. The fourth-order valence-corrected chi connectivity index (χ4v) is 3.75. The molecule has 1 aromatic heterocycles. The third-order valence-corrected chi connectivity index (χ3v) is 5.79. The molecule has 36 heavy (non-hydrogen) atoms. The highest BCUT2D eigenvalue weighted by Crippen LogP contribution is 2.15. The summed E-state index contributed by atoms with van der Waals surface area (Å²) in [6.45, 7) is 2.07. The van der Waals surface area contributed by atoms with Crippen molar-refractivity contribution in [2.45, 2.75) is 103 Å². The van der Waals surface area contributed by atoms with Crippen LogP contribution in [0.1, 0.15) is 89.7 Å². The van der Waals surface area contributed by atoms with E-state index in [-0.39, 0.29) is 24.9 Å². The molecule has 0 aromatic carbocycles. The van der Waals surface area contributed by atoms with Gasteiger partial charge in [-0.2, -0.15) is 4.57 Å². The van der Waals surface area contributed by atoms with E-state index in [4.69, 9.17) is 9.94 Å². The molecule has 0 aliphatic heterocycles. The zero-order chi connectivity index (χ0) is 25.7. The molecule has 0 radical (unpaired) electrons. The van der Waals surface area contributed by atoms with Gasteiger partial charge in [-0.05, 0) is 44.6 Å². The van der Waals surface area contributed by atoms with E-state index >= 15 is 0 Å². The largest absolute Gasteiger partial charge is 1.00 e. The first kappa shape index (κ1) is 33.5. The summed E-state index contributed by atoms with van der Waals surface area (Å²) in [6.07, 6.45) is 16.2. The van der Waals surface area contributed by atoms with E-state index in [0.29, 0.717) is 25.0 Å². The zero-order valence-corrected chi connectivity index (χ0v) is 22.4. The van der Waals surface area contributed by atoms with Gasteiger partial charge in [0.2, 0.25) is 12.2 Å². The van der Waals surface area contributed by atoms with E-state index in [1.165, 1.54) is 13.3 Å². The summed E-state index contributed by atoms with van der Waals surface area (Å²) in [5, 5.41) is 22.5. The zero-order valence-electron chi connectivity index (χ0n) is 21.7. The van der Waals surface area contributed by atoms with Crippen molar-refractivity contribution in [1.82, 2.24) is 0 Å². The highest BCUT2D eigenvalue weighted by Gasteiger charge is 2.24. The third-order valence-electron chi connectivity index (χ3n) is 5.79. The molecule has 2 atom stereocenters. The number of unbranched alkanes of at least 4 members (excludes halogenated alkanes) is 7. The second-order valence-electron chi connectivity index (χ2n) is 8.68. The molecule has 204 valence electrons. The van der Waals surface area contributed by atoms with Crippen LogP contribution in [0.25, 0.3) is 0 Å². The van der Waals surface area contributed by atoms with Crippen molar-refractivity contribution in [2.75, 3.05) is 7.11 Å². The van der Waals surface area contributed by atoms with Crippen LogP contribution in [0.5, 0.6) is 0 Å². The van der Waals surface area contributed by atoms with Gasteiger partial charge in [0.1, 0.15) is 12.3 Å². The number of allylic oxidation sites excluding steroid dienone is 1. The number of halogens is 1. The predicted molar refractivity (Wildman–Crippen MR) is 134 cm³/mol. The Morgan fingerprint density at radius 1 is 1.06 bits per heavy atom. The number of carbonyl (C=O) groups is 2. The number of ether oxygens (including phenoxy) is 2. The van der Waals surface area contributed by atoms with Crippen LogP contribution in [-0.2, 0) is 25.6 Å². The number of hydrogen-bond acceptors (Lipinski definition) is 7. The molecule has 1 aromatic rings. The number of nitrogens with zero attached hydrogens (tertiary/aromatic N) is 2. The lowest BCUT2D eigenvalue weighted by atomic mass is 10.0. The van der Waals surface area contributed by atoms with E-state index in [2.05, 4.69) is 22.9 Å². The summed E-state index contributed by atoms with van der Waals surface area (Å²) in [6, 6.07) is 5.30. The number of aliphatic hydroxyl groups is 1. The Labute approximate surface area is 221 Å². The summed E-state index contributed by atoms with van der Waals surface area (Å²) >= 11 is 0. The van der Waals surface area contributed by atoms with E-state index in [1.807, 2.05) is 6.08 Å². The van der Waals surface area contributed by atoms with Crippen LogP contribution >= 0.6 is 0 Å². The normalized spacial score (nSPS) is 12.9. The number of carbonyl (C=O) groups excluding carboxylic acids is 2. The minimum absolute atomic E-state index is 0. The van der Waals surface area contributed by atoms with Gasteiger partial charge in [0.15, 0.2) is 6.20 Å². The summed E-state index contributed by atoms with van der Waals surface area (Å²) in [5.41, 5.74) is 0.571. The van der Waals surface area contributed by atoms with Crippen LogP contribution in [0.3, 0.4) is 0 Å². The molecular weight excluding hydrogens is 484 g/mol. The molecule has 0 aliphatic carbocycles. The second-order valence-corrected chi connectivity index (χ2v) is 8.68. The van der Waals surface area contributed by atoms with Gasteiger partial charge < -0.3 is 32.2 Å². The van der Waals surface area contributed by atoms with E-state index < -0.39 is 18.2 Å². The minimum atomic E-state index is -0.760. The number of rotatable bonds is 19. The van der Waals surface area contributed by atoms with Gasteiger partial charge in [0.05, 0.1) is 13.2 Å².